The van der Waals surface area contributed by atoms with Crippen LogP contribution in [0.5, 0.6) is 0 Å². The van der Waals surface area contributed by atoms with Gasteiger partial charge in [-0.3, -0.25) is 4.99 Å². The lowest BCUT2D eigenvalue weighted by Gasteiger charge is -2.01. The van der Waals surface area contributed by atoms with E-state index in [0.717, 1.165) is 16.8 Å². The van der Waals surface area contributed by atoms with Gasteiger partial charge in [-0.1, -0.05) is 12.1 Å². The molecule has 2 rings (SSSR count). The molecule has 5 heteroatoms. The highest BCUT2D eigenvalue weighted by Gasteiger charge is 2.01. The fourth-order valence-electron chi connectivity index (χ4n) is 1.49. The standard InChI is InChI=1S/C13H13FN4/c1-9-12(13(15)18-8-17-9)7-16-6-10-2-4-11(14)5-3-10/h2-5,7-8H,6H2,1H3,(H2,15,17,18). The molecule has 0 unspecified atom stereocenters. The third kappa shape index (κ3) is 2.88. The van der Waals surface area contributed by atoms with Crippen LogP contribution < -0.4 is 5.73 Å². The van der Waals surface area contributed by atoms with Crippen LogP contribution in [-0.2, 0) is 6.54 Å². The van der Waals surface area contributed by atoms with Crippen molar-refractivity contribution in [2.45, 2.75) is 13.5 Å². The highest BCUT2D eigenvalue weighted by Crippen LogP contribution is 2.09. The van der Waals surface area contributed by atoms with E-state index in [9.17, 15) is 4.39 Å². The zero-order chi connectivity index (χ0) is 13.0. The molecule has 0 saturated carbocycles. The lowest BCUT2D eigenvalue weighted by Crippen LogP contribution is -2.01. The predicted octanol–water partition coefficient (Wildman–Crippen LogP) is 2.13. The quantitative estimate of drug-likeness (QED) is 0.841. The van der Waals surface area contributed by atoms with Gasteiger partial charge in [0, 0.05) is 6.21 Å². The Morgan fingerprint density at radius 2 is 2.00 bits per heavy atom. The van der Waals surface area contributed by atoms with Crippen LogP contribution >= 0.6 is 0 Å². The second-order valence-corrected chi connectivity index (χ2v) is 3.85. The molecule has 1 heterocycles. The van der Waals surface area contributed by atoms with E-state index < -0.39 is 0 Å². The summed E-state index contributed by atoms with van der Waals surface area (Å²) in [7, 11) is 0. The largest absolute Gasteiger partial charge is 0.383 e. The smallest absolute Gasteiger partial charge is 0.135 e. The summed E-state index contributed by atoms with van der Waals surface area (Å²) in [5.74, 6) is 0.157. The molecular formula is C13H13FN4. The van der Waals surface area contributed by atoms with Gasteiger partial charge in [0.1, 0.15) is 18.0 Å². The number of hydrogen-bond donors (Lipinski definition) is 1. The van der Waals surface area contributed by atoms with Crippen molar-refractivity contribution in [1.82, 2.24) is 9.97 Å². The Labute approximate surface area is 104 Å². The zero-order valence-corrected chi connectivity index (χ0v) is 9.97. The van der Waals surface area contributed by atoms with E-state index >= 15 is 0 Å². The number of aromatic nitrogens is 2. The number of nitrogen functional groups attached to an aromatic ring is 1. The number of benzene rings is 1. The summed E-state index contributed by atoms with van der Waals surface area (Å²) in [4.78, 5) is 12.2. The first-order valence-corrected chi connectivity index (χ1v) is 5.48. The van der Waals surface area contributed by atoms with Crippen molar-refractivity contribution in [2.24, 2.45) is 4.99 Å². The molecule has 0 atom stereocenters. The van der Waals surface area contributed by atoms with Gasteiger partial charge in [0.15, 0.2) is 0 Å². The predicted molar refractivity (Wildman–Crippen MR) is 68.9 cm³/mol. The Kier molecular flexibility index (Phi) is 3.62. The lowest BCUT2D eigenvalue weighted by molar-refractivity contribution is 0.627. The van der Waals surface area contributed by atoms with Crippen LogP contribution in [0.4, 0.5) is 10.2 Å². The Bertz CT molecular complexity index is 543. The number of hydrogen-bond acceptors (Lipinski definition) is 4. The van der Waals surface area contributed by atoms with E-state index in [1.807, 2.05) is 6.92 Å². The molecule has 4 nitrogen and oxygen atoms in total. The zero-order valence-electron chi connectivity index (χ0n) is 9.97. The van der Waals surface area contributed by atoms with Crippen LogP contribution in [0.2, 0.25) is 0 Å². The molecule has 0 saturated heterocycles. The summed E-state index contributed by atoms with van der Waals surface area (Å²) in [6, 6.07) is 6.22. The Hall–Kier alpha value is -2.30. The van der Waals surface area contributed by atoms with E-state index in [-0.39, 0.29) is 5.82 Å². The average molecular weight is 244 g/mol. The molecule has 1 aromatic heterocycles. The van der Waals surface area contributed by atoms with E-state index in [1.54, 1.807) is 18.3 Å². The number of nitrogens with two attached hydrogens (primary N) is 1. The molecule has 2 N–H and O–H groups in total. The molecule has 18 heavy (non-hydrogen) atoms. The number of halogens is 1. The van der Waals surface area contributed by atoms with Crippen molar-refractivity contribution in [3.63, 3.8) is 0 Å². The van der Waals surface area contributed by atoms with Gasteiger partial charge in [0.2, 0.25) is 0 Å². The van der Waals surface area contributed by atoms with Gasteiger partial charge in [-0.15, -0.1) is 0 Å². The number of anilines is 1. The van der Waals surface area contributed by atoms with Crippen LogP contribution in [0, 0.1) is 12.7 Å². The van der Waals surface area contributed by atoms with Gasteiger partial charge < -0.3 is 5.73 Å². The summed E-state index contributed by atoms with van der Waals surface area (Å²) in [5, 5.41) is 0. The monoisotopic (exact) mass is 244 g/mol. The first kappa shape index (κ1) is 12.2. The van der Waals surface area contributed by atoms with Gasteiger partial charge in [-0.05, 0) is 24.6 Å². The van der Waals surface area contributed by atoms with Crippen molar-refractivity contribution in [1.29, 1.82) is 0 Å². The van der Waals surface area contributed by atoms with Gasteiger partial charge in [0.25, 0.3) is 0 Å². The van der Waals surface area contributed by atoms with Crippen LogP contribution in [0.15, 0.2) is 35.6 Å². The summed E-state index contributed by atoms with van der Waals surface area (Å²) in [6.45, 7) is 2.31. The lowest BCUT2D eigenvalue weighted by atomic mass is 10.2. The molecule has 0 spiro atoms. The minimum atomic E-state index is -0.251. The fourth-order valence-corrected chi connectivity index (χ4v) is 1.49. The van der Waals surface area contributed by atoms with Gasteiger partial charge in [-0.25, -0.2) is 14.4 Å². The van der Waals surface area contributed by atoms with Crippen molar-refractivity contribution < 1.29 is 4.39 Å². The highest BCUT2D eigenvalue weighted by atomic mass is 19.1. The van der Waals surface area contributed by atoms with E-state index in [4.69, 9.17) is 5.73 Å². The first-order valence-electron chi connectivity index (χ1n) is 5.48. The molecule has 0 aliphatic heterocycles. The molecule has 92 valence electrons. The number of rotatable bonds is 3. The fraction of sp³-hybridized carbons (Fsp3) is 0.154. The maximum Gasteiger partial charge on any atom is 0.135 e. The first-order chi connectivity index (χ1) is 8.66. The SMILES string of the molecule is Cc1ncnc(N)c1C=NCc1ccc(F)cc1. The minimum absolute atomic E-state index is 0.251. The number of aryl methyl sites for hydroxylation is 1. The van der Waals surface area contributed by atoms with E-state index in [1.165, 1.54) is 18.5 Å². The van der Waals surface area contributed by atoms with Gasteiger partial charge in [-0.2, -0.15) is 0 Å². The van der Waals surface area contributed by atoms with E-state index in [2.05, 4.69) is 15.0 Å². The van der Waals surface area contributed by atoms with Crippen LogP contribution in [-0.4, -0.2) is 16.2 Å². The second kappa shape index (κ2) is 5.35. The average Bonchev–Trinajstić information content (AvgIpc) is 2.35. The van der Waals surface area contributed by atoms with Crippen molar-refractivity contribution in [3.8, 4) is 0 Å². The molecule has 1 aromatic carbocycles. The summed E-state index contributed by atoms with van der Waals surface area (Å²) in [5.41, 5.74) is 8.16. The topological polar surface area (TPSA) is 64.2 Å². The van der Waals surface area contributed by atoms with Crippen molar-refractivity contribution in [3.05, 3.63) is 53.2 Å². The molecular weight excluding hydrogens is 231 g/mol. The minimum Gasteiger partial charge on any atom is -0.383 e. The third-order valence-electron chi connectivity index (χ3n) is 2.52. The highest BCUT2D eigenvalue weighted by molar-refractivity contribution is 5.86. The summed E-state index contributed by atoms with van der Waals surface area (Å²) >= 11 is 0. The van der Waals surface area contributed by atoms with E-state index in [0.29, 0.717) is 12.4 Å². The van der Waals surface area contributed by atoms with Crippen LogP contribution in [0.1, 0.15) is 16.8 Å². The molecule has 0 aliphatic rings. The van der Waals surface area contributed by atoms with Gasteiger partial charge in [0.05, 0.1) is 17.8 Å². The normalized spacial score (nSPS) is 11.0. The molecule has 0 bridgehead atoms. The van der Waals surface area contributed by atoms with Crippen molar-refractivity contribution in [2.75, 3.05) is 5.73 Å². The number of aliphatic imine (C=N–C) groups is 1. The number of nitrogens with zero attached hydrogens (tertiary/aromatic N) is 3. The summed E-state index contributed by atoms with van der Waals surface area (Å²) in [6.07, 6.45) is 3.07. The van der Waals surface area contributed by atoms with Crippen LogP contribution in [0.3, 0.4) is 0 Å². The van der Waals surface area contributed by atoms with Gasteiger partial charge >= 0.3 is 0 Å². The maximum atomic E-state index is 12.7. The molecule has 0 amide bonds. The van der Waals surface area contributed by atoms with Crippen LogP contribution in [0.25, 0.3) is 0 Å². The maximum absolute atomic E-state index is 12.7. The second-order valence-electron chi connectivity index (χ2n) is 3.85. The summed E-state index contributed by atoms with van der Waals surface area (Å²) < 4.78 is 12.7. The molecule has 0 fully saturated rings. The molecule has 2 aromatic rings. The Morgan fingerprint density at radius 1 is 1.28 bits per heavy atom. The third-order valence-corrected chi connectivity index (χ3v) is 2.52. The Balaban J connectivity index is 2.10. The Morgan fingerprint density at radius 3 is 2.67 bits per heavy atom. The molecule has 0 radical (unpaired) electrons. The molecule has 0 aliphatic carbocycles. The van der Waals surface area contributed by atoms with Crippen molar-refractivity contribution >= 4 is 12.0 Å².